The van der Waals surface area contributed by atoms with Gasteiger partial charge in [0, 0.05) is 22.1 Å². The Labute approximate surface area is 220 Å². The second kappa shape index (κ2) is 9.82. The lowest BCUT2D eigenvalue weighted by atomic mass is 9.92. The van der Waals surface area contributed by atoms with Crippen molar-refractivity contribution in [1.82, 2.24) is 9.97 Å². The van der Waals surface area contributed by atoms with E-state index >= 15 is 0 Å². The Balaban J connectivity index is 1.78. The Hall–Kier alpha value is -5.58. The van der Waals surface area contributed by atoms with Crippen LogP contribution in [0.3, 0.4) is 0 Å². The smallest absolute Gasteiger partial charge is 0.161 e. The Bertz CT molecular complexity index is 1880. The molecule has 6 aromatic rings. The van der Waals surface area contributed by atoms with Gasteiger partial charge < -0.3 is 0 Å². The van der Waals surface area contributed by atoms with Crippen LogP contribution in [0.2, 0.25) is 0 Å². The number of nitriles is 2. The molecule has 4 heteroatoms. The topological polar surface area (TPSA) is 73.4 Å². The fraction of sp³-hybridized carbons (Fsp3) is 0. The quantitative estimate of drug-likeness (QED) is 0.254. The van der Waals surface area contributed by atoms with E-state index in [-0.39, 0.29) is 0 Å². The Morgan fingerprint density at radius 2 is 1.03 bits per heavy atom. The maximum Gasteiger partial charge on any atom is 0.161 e. The summed E-state index contributed by atoms with van der Waals surface area (Å²) in [6, 6.07) is 44.0. The second-order valence-corrected chi connectivity index (χ2v) is 8.86. The van der Waals surface area contributed by atoms with E-state index in [2.05, 4.69) is 48.5 Å². The van der Waals surface area contributed by atoms with Gasteiger partial charge in [0.2, 0.25) is 0 Å². The fourth-order valence-corrected chi connectivity index (χ4v) is 4.76. The second-order valence-electron chi connectivity index (χ2n) is 8.86. The number of benzene rings is 5. The first kappa shape index (κ1) is 22.9. The summed E-state index contributed by atoms with van der Waals surface area (Å²) in [6.07, 6.45) is 0. The molecule has 0 aliphatic rings. The zero-order valence-corrected chi connectivity index (χ0v) is 20.3. The van der Waals surface area contributed by atoms with Crippen LogP contribution < -0.4 is 0 Å². The average molecular weight is 485 g/mol. The molecular weight excluding hydrogens is 464 g/mol. The van der Waals surface area contributed by atoms with Crippen LogP contribution in [-0.4, -0.2) is 9.97 Å². The van der Waals surface area contributed by atoms with Crippen molar-refractivity contribution in [2.45, 2.75) is 0 Å². The highest BCUT2D eigenvalue weighted by atomic mass is 14.9. The summed E-state index contributed by atoms with van der Waals surface area (Å²) in [5.41, 5.74) is 7.89. The van der Waals surface area contributed by atoms with Gasteiger partial charge in [-0.3, -0.25) is 0 Å². The third-order valence-corrected chi connectivity index (χ3v) is 6.58. The van der Waals surface area contributed by atoms with Gasteiger partial charge in [0.25, 0.3) is 0 Å². The first-order valence-electron chi connectivity index (χ1n) is 12.2. The number of hydrogen-bond acceptors (Lipinski definition) is 4. The van der Waals surface area contributed by atoms with E-state index in [9.17, 15) is 10.5 Å². The van der Waals surface area contributed by atoms with Crippen LogP contribution in [0.1, 0.15) is 11.1 Å². The van der Waals surface area contributed by atoms with Gasteiger partial charge in [0.05, 0.1) is 34.5 Å². The van der Waals surface area contributed by atoms with Crippen LogP contribution in [0.5, 0.6) is 0 Å². The minimum Gasteiger partial charge on any atom is -0.227 e. The van der Waals surface area contributed by atoms with Gasteiger partial charge in [0.15, 0.2) is 5.82 Å². The summed E-state index contributed by atoms with van der Waals surface area (Å²) >= 11 is 0. The summed E-state index contributed by atoms with van der Waals surface area (Å²) in [4.78, 5) is 10.1. The van der Waals surface area contributed by atoms with Gasteiger partial charge >= 0.3 is 0 Å². The molecule has 0 aliphatic heterocycles. The molecule has 0 radical (unpaired) electrons. The summed E-state index contributed by atoms with van der Waals surface area (Å²) in [6.45, 7) is 0. The van der Waals surface area contributed by atoms with Gasteiger partial charge in [-0.15, -0.1) is 0 Å². The van der Waals surface area contributed by atoms with E-state index in [1.54, 1.807) is 12.1 Å². The van der Waals surface area contributed by atoms with E-state index in [1.807, 2.05) is 72.8 Å². The molecule has 0 saturated heterocycles. The molecule has 0 amide bonds. The summed E-state index contributed by atoms with van der Waals surface area (Å²) in [5.74, 6) is 0.446. The molecule has 1 aromatic heterocycles. The minimum absolute atomic E-state index is 0.446. The number of nitrogens with zero attached hydrogens (tertiary/aromatic N) is 4. The third-order valence-electron chi connectivity index (χ3n) is 6.58. The standard InChI is InChI=1S/C34H20N4/c35-21-25-15-7-9-17-28(25)32-31-20-27(23-11-3-1-4-12-23)19-30(24-13-5-2-6-14-24)33(31)38-34(37-32)29-18-10-8-16-26(29)22-36/h1-20H. The molecule has 0 saturated carbocycles. The van der Waals surface area contributed by atoms with Crippen molar-refractivity contribution in [3.05, 3.63) is 132 Å². The zero-order chi connectivity index (χ0) is 25.9. The molecule has 1 heterocycles. The SMILES string of the molecule is N#Cc1ccccc1-c1nc(-c2ccccc2C#N)c2cc(-c3ccccc3)cc(-c3ccccc3)c2n1. The largest absolute Gasteiger partial charge is 0.227 e. The maximum absolute atomic E-state index is 9.95. The predicted octanol–water partition coefficient (Wildman–Crippen LogP) is 8.04. The van der Waals surface area contributed by atoms with E-state index in [0.717, 1.165) is 38.7 Å². The zero-order valence-electron chi connectivity index (χ0n) is 20.3. The van der Waals surface area contributed by atoms with E-state index < -0.39 is 0 Å². The minimum atomic E-state index is 0.446. The summed E-state index contributed by atoms with van der Waals surface area (Å²) in [5, 5.41) is 20.6. The molecule has 4 nitrogen and oxygen atoms in total. The first-order chi connectivity index (χ1) is 18.8. The monoisotopic (exact) mass is 484 g/mol. The number of rotatable bonds is 4. The lowest BCUT2D eigenvalue weighted by Crippen LogP contribution is -2.00. The summed E-state index contributed by atoms with van der Waals surface area (Å²) in [7, 11) is 0. The molecule has 5 aromatic carbocycles. The Morgan fingerprint density at radius 3 is 1.68 bits per heavy atom. The van der Waals surface area contributed by atoms with Crippen LogP contribution in [0, 0.1) is 22.7 Å². The number of aromatic nitrogens is 2. The molecule has 0 atom stereocenters. The van der Waals surface area contributed by atoms with Crippen molar-refractivity contribution in [1.29, 1.82) is 10.5 Å². The van der Waals surface area contributed by atoms with Crippen molar-refractivity contribution in [2.75, 3.05) is 0 Å². The van der Waals surface area contributed by atoms with Crippen molar-refractivity contribution in [2.24, 2.45) is 0 Å². The van der Waals surface area contributed by atoms with Crippen molar-refractivity contribution >= 4 is 10.9 Å². The molecular formula is C34H20N4. The first-order valence-corrected chi connectivity index (χ1v) is 12.2. The molecule has 0 aliphatic carbocycles. The van der Waals surface area contributed by atoms with Crippen LogP contribution >= 0.6 is 0 Å². The molecule has 0 bridgehead atoms. The lowest BCUT2D eigenvalue weighted by molar-refractivity contribution is 1.22. The normalized spacial score (nSPS) is 10.6. The highest BCUT2D eigenvalue weighted by Gasteiger charge is 2.19. The van der Waals surface area contributed by atoms with Gasteiger partial charge in [-0.25, -0.2) is 9.97 Å². The summed E-state index contributed by atoms with van der Waals surface area (Å²) < 4.78 is 0. The van der Waals surface area contributed by atoms with Gasteiger partial charge in [0.1, 0.15) is 0 Å². The van der Waals surface area contributed by atoms with Gasteiger partial charge in [-0.2, -0.15) is 10.5 Å². The van der Waals surface area contributed by atoms with Gasteiger partial charge in [-0.05, 0) is 47.0 Å². The molecule has 0 fully saturated rings. The highest BCUT2D eigenvalue weighted by Crippen LogP contribution is 2.39. The molecule has 0 spiro atoms. The Kier molecular flexibility index (Phi) is 5.91. The lowest BCUT2D eigenvalue weighted by Gasteiger charge is -2.16. The van der Waals surface area contributed by atoms with Crippen molar-refractivity contribution < 1.29 is 0 Å². The van der Waals surface area contributed by atoms with Gasteiger partial charge in [-0.1, -0.05) is 91.0 Å². The third kappa shape index (κ3) is 4.07. The van der Waals surface area contributed by atoms with Crippen molar-refractivity contribution in [3.8, 4) is 57.0 Å². The maximum atomic E-state index is 9.95. The average Bonchev–Trinajstić information content (AvgIpc) is 3.00. The fourth-order valence-electron chi connectivity index (χ4n) is 4.76. The molecule has 38 heavy (non-hydrogen) atoms. The van der Waals surface area contributed by atoms with E-state index in [1.165, 1.54) is 0 Å². The van der Waals surface area contributed by atoms with E-state index in [0.29, 0.717) is 28.2 Å². The molecule has 6 rings (SSSR count). The number of fused-ring (bicyclic) bond motifs is 1. The Morgan fingerprint density at radius 1 is 0.474 bits per heavy atom. The van der Waals surface area contributed by atoms with Crippen LogP contribution in [0.4, 0.5) is 0 Å². The number of hydrogen-bond donors (Lipinski definition) is 0. The van der Waals surface area contributed by atoms with E-state index in [4.69, 9.17) is 9.97 Å². The van der Waals surface area contributed by atoms with Crippen LogP contribution in [0.15, 0.2) is 121 Å². The van der Waals surface area contributed by atoms with Crippen molar-refractivity contribution in [3.63, 3.8) is 0 Å². The van der Waals surface area contributed by atoms with Crippen LogP contribution in [-0.2, 0) is 0 Å². The molecule has 0 N–H and O–H groups in total. The molecule has 0 unspecified atom stereocenters. The predicted molar refractivity (Wildman–Crippen MR) is 151 cm³/mol. The van der Waals surface area contributed by atoms with Crippen LogP contribution in [0.25, 0.3) is 55.8 Å². The highest BCUT2D eigenvalue weighted by molar-refractivity contribution is 6.05. The molecule has 176 valence electrons.